The van der Waals surface area contributed by atoms with Gasteiger partial charge in [0, 0.05) is 12.1 Å². The Labute approximate surface area is 151 Å². The van der Waals surface area contributed by atoms with E-state index in [-0.39, 0.29) is 22.3 Å². The van der Waals surface area contributed by atoms with Crippen LogP contribution < -0.4 is 4.72 Å². The molecule has 1 atom stereocenters. The maximum Gasteiger partial charge on any atom is 0.247 e. The molecule has 0 aromatic heterocycles. The van der Waals surface area contributed by atoms with E-state index >= 15 is 0 Å². The Morgan fingerprint density at radius 3 is 2.58 bits per heavy atom. The Bertz CT molecular complexity index is 596. The summed E-state index contributed by atoms with van der Waals surface area (Å²) in [6.45, 7) is 9.20. The molecular weight excluding hydrogens is 342 g/mol. The predicted octanol–water partition coefficient (Wildman–Crippen LogP) is 3.96. The summed E-state index contributed by atoms with van der Waals surface area (Å²) >= 11 is 1.05. The van der Waals surface area contributed by atoms with Gasteiger partial charge in [-0.2, -0.15) is 0 Å². The molecule has 0 amide bonds. The number of hydrogen-bond donors (Lipinski definition) is 1. The average molecular weight is 370 g/mol. The van der Waals surface area contributed by atoms with Gasteiger partial charge >= 0.3 is 0 Å². The smallest absolute Gasteiger partial charge is 0.247 e. The minimum absolute atomic E-state index is 0.0759. The second-order valence-electron chi connectivity index (χ2n) is 5.09. The molecule has 0 aliphatic heterocycles. The van der Waals surface area contributed by atoms with Gasteiger partial charge in [0.25, 0.3) is 0 Å². The van der Waals surface area contributed by atoms with Crippen LogP contribution in [0.4, 0.5) is 0 Å². The zero-order chi connectivity index (χ0) is 18.4. The summed E-state index contributed by atoms with van der Waals surface area (Å²) in [6.07, 6.45) is 17.5. The van der Waals surface area contributed by atoms with Gasteiger partial charge in [-0.05, 0) is 26.7 Å². The van der Waals surface area contributed by atoms with Crippen LogP contribution in [0.5, 0.6) is 0 Å². The number of hydrogen-bond acceptors (Lipinski definition) is 4. The number of nitrogens with one attached hydrogen (secondary N) is 1. The summed E-state index contributed by atoms with van der Waals surface area (Å²) in [5, 5.41) is 0. The highest BCUT2D eigenvalue weighted by Crippen LogP contribution is 2.22. The van der Waals surface area contributed by atoms with Gasteiger partial charge in [-0.3, -0.25) is 0 Å². The van der Waals surface area contributed by atoms with E-state index in [0.717, 1.165) is 24.6 Å². The molecule has 0 aliphatic carbocycles. The molecule has 1 unspecified atom stereocenters. The van der Waals surface area contributed by atoms with E-state index < -0.39 is 10.0 Å². The second-order valence-corrected chi connectivity index (χ2v) is 7.99. The fourth-order valence-corrected chi connectivity index (χ4v) is 3.92. The Morgan fingerprint density at radius 2 is 2.04 bits per heavy atom. The van der Waals surface area contributed by atoms with E-state index in [1.165, 1.54) is 6.08 Å². The van der Waals surface area contributed by atoms with Gasteiger partial charge < -0.3 is 4.74 Å². The summed E-state index contributed by atoms with van der Waals surface area (Å²) in [5.41, 5.74) is 0. The van der Waals surface area contributed by atoms with Crippen LogP contribution in [0.1, 0.15) is 33.6 Å². The molecule has 0 fully saturated rings. The monoisotopic (exact) mass is 369 g/mol. The molecule has 0 spiro atoms. The Hall–Kier alpha value is -1.26. The second kappa shape index (κ2) is 13.1. The molecule has 4 nitrogen and oxygen atoms in total. The molecule has 24 heavy (non-hydrogen) atoms. The van der Waals surface area contributed by atoms with E-state index in [1.807, 2.05) is 31.2 Å². The fraction of sp³-hybridized carbons (Fsp3) is 0.444. The molecule has 0 bridgehead atoms. The third-order valence-corrected chi connectivity index (χ3v) is 5.61. The molecule has 0 aromatic carbocycles. The van der Waals surface area contributed by atoms with Crippen LogP contribution >= 0.6 is 11.8 Å². The molecule has 0 rings (SSSR count). The molecule has 134 valence electrons. The van der Waals surface area contributed by atoms with Crippen LogP contribution in [0.25, 0.3) is 0 Å². The molecule has 0 saturated heterocycles. The van der Waals surface area contributed by atoms with Gasteiger partial charge in [0.05, 0.1) is 12.0 Å². The van der Waals surface area contributed by atoms with Crippen molar-refractivity contribution in [1.82, 2.24) is 4.72 Å². The Kier molecular flexibility index (Phi) is 12.4. The van der Waals surface area contributed by atoms with E-state index in [0.29, 0.717) is 0 Å². The third kappa shape index (κ3) is 10.5. The first-order valence-electron chi connectivity index (χ1n) is 7.74. The number of sulfonamides is 1. The SMILES string of the molecule is C#C/C=C(\SCOC(C=CCC=C)/C=C\CC)S(=O)(=O)NC(C)C. The van der Waals surface area contributed by atoms with Gasteiger partial charge in [-0.25, -0.2) is 13.1 Å². The highest BCUT2D eigenvalue weighted by molar-refractivity contribution is 8.17. The number of ether oxygens (including phenoxy) is 1. The zero-order valence-corrected chi connectivity index (χ0v) is 16.2. The molecule has 1 N–H and O–H groups in total. The average Bonchev–Trinajstić information content (AvgIpc) is 2.50. The van der Waals surface area contributed by atoms with E-state index in [1.54, 1.807) is 19.9 Å². The molecule has 0 aromatic rings. The lowest BCUT2D eigenvalue weighted by Gasteiger charge is -2.14. The standard InChI is InChI=1S/C18H27NO3S2/c1-6-9-11-14-17(13-10-7-2)22-15-23-18(12-8-3)24(20,21)19-16(4)5/h3,6,10-14,16-17,19H,1,7,9,15H2,2,4-5H3/b13-10-,14-11?,18-12+. The molecule has 0 aliphatic rings. The minimum Gasteiger partial charge on any atom is -0.359 e. The summed E-state index contributed by atoms with van der Waals surface area (Å²) < 4.78 is 32.7. The fourth-order valence-electron chi connectivity index (χ4n) is 1.56. The van der Waals surface area contributed by atoms with Crippen molar-refractivity contribution >= 4 is 21.8 Å². The molecule has 0 radical (unpaired) electrons. The predicted molar refractivity (Wildman–Crippen MR) is 105 cm³/mol. The van der Waals surface area contributed by atoms with Crippen LogP contribution in [0.2, 0.25) is 0 Å². The van der Waals surface area contributed by atoms with E-state index in [4.69, 9.17) is 11.2 Å². The van der Waals surface area contributed by atoms with Crippen LogP contribution in [0, 0.1) is 12.3 Å². The first-order valence-corrected chi connectivity index (χ1v) is 10.2. The number of rotatable bonds is 12. The Balaban J connectivity index is 4.85. The van der Waals surface area contributed by atoms with Crippen molar-refractivity contribution in [2.24, 2.45) is 0 Å². The number of allylic oxidation sites excluding steroid dienone is 4. The lowest BCUT2D eigenvalue weighted by atomic mass is 10.2. The maximum absolute atomic E-state index is 12.2. The normalized spacial score (nSPS) is 14.4. The topological polar surface area (TPSA) is 55.4 Å². The van der Waals surface area contributed by atoms with Crippen LogP contribution in [0.3, 0.4) is 0 Å². The quantitative estimate of drug-likeness (QED) is 0.321. The van der Waals surface area contributed by atoms with Gasteiger partial charge in [-0.1, -0.05) is 55.0 Å². The van der Waals surface area contributed by atoms with Crippen molar-refractivity contribution in [2.45, 2.75) is 45.8 Å². The maximum atomic E-state index is 12.2. The van der Waals surface area contributed by atoms with Gasteiger partial charge in [-0.15, -0.1) is 13.0 Å². The van der Waals surface area contributed by atoms with Crippen molar-refractivity contribution in [2.75, 3.05) is 5.94 Å². The molecular formula is C18H27NO3S2. The van der Waals surface area contributed by atoms with Gasteiger partial charge in [0.2, 0.25) is 10.0 Å². The summed E-state index contributed by atoms with van der Waals surface area (Å²) in [7, 11) is -3.62. The summed E-state index contributed by atoms with van der Waals surface area (Å²) in [6, 6.07) is -0.209. The minimum atomic E-state index is -3.62. The van der Waals surface area contributed by atoms with Gasteiger partial charge in [0.1, 0.15) is 4.24 Å². The van der Waals surface area contributed by atoms with Crippen molar-refractivity contribution in [1.29, 1.82) is 0 Å². The largest absolute Gasteiger partial charge is 0.359 e. The van der Waals surface area contributed by atoms with Crippen molar-refractivity contribution in [3.05, 3.63) is 47.3 Å². The zero-order valence-electron chi connectivity index (χ0n) is 14.6. The Morgan fingerprint density at radius 1 is 1.38 bits per heavy atom. The summed E-state index contributed by atoms with van der Waals surface area (Å²) in [5.74, 6) is 2.44. The molecule has 0 saturated carbocycles. The first kappa shape index (κ1) is 22.7. The lowest BCUT2D eigenvalue weighted by molar-refractivity contribution is 0.162. The van der Waals surface area contributed by atoms with Crippen molar-refractivity contribution in [3.8, 4) is 12.3 Å². The first-order chi connectivity index (χ1) is 11.4. The van der Waals surface area contributed by atoms with Crippen LogP contribution in [-0.4, -0.2) is 26.5 Å². The van der Waals surface area contributed by atoms with E-state index in [9.17, 15) is 8.42 Å². The lowest BCUT2D eigenvalue weighted by Crippen LogP contribution is -2.30. The highest BCUT2D eigenvalue weighted by Gasteiger charge is 2.19. The highest BCUT2D eigenvalue weighted by atomic mass is 32.3. The summed E-state index contributed by atoms with van der Waals surface area (Å²) in [4.78, 5) is 0. The molecule has 0 heterocycles. The van der Waals surface area contributed by atoms with Crippen molar-refractivity contribution < 1.29 is 13.2 Å². The van der Waals surface area contributed by atoms with Crippen LogP contribution in [0.15, 0.2) is 47.3 Å². The molecule has 6 heteroatoms. The van der Waals surface area contributed by atoms with Crippen LogP contribution in [-0.2, 0) is 14.8 Å². The number of terminal acetylenes is 1. The van der Waals surface area contributed by atoms with Crippen molar-refractivity contribution in [3.63, 3.8) is 0 Å². The van der Waals surface area contributed by atoms with E-state index in [2.05, 4.69) is 17.2 Å². The third-order valence-electron chi connectivity index (χ3n) is 2.51. The number of thioether (sulfide) groups is 1. The van der Waals surface area contributed by atoms with Gasteiger partial charge in [0.15, 0.2) is 0 Å².